The summed E-state index contributed by atoms with van der Waals surface area (Å²) in [4.78, 5) is 4.44. The van der Waals surface area contributed by atoms with Gasteiger partial charge in [0.1, 0.15) is 0 Å². The highest BCUT2D eigenvalue weighted by Crippen LogP contribution is 2.17. The molecule has 0 bridgehead atoms. The van der Waals surface area contributed by atoms with E-state index in [-0.39, 0.29) is 0 Å². The molecular weight excluding hydrogens is 258 g/mol. The van der Waals surface area contributed by atoms with Crippen LogP contribution in [-0.2, 0) is 6.54 Å². The van der Waals surface area contributed by atoms with Gasteiger partial charge in [0.05, 0.1) is 17.4 Å². The minimum atomic E-state index is 0.540. The first kappa shape index (κ1) is 13.8. The van der Waals surface area contributed by atoms with Crippen LogP contribution in [-0.4, -0.2) is 23.1 Å². The van der Waals surface area contributed by atoms with Crippen molar-refractivity contribution in [2.45, 2.75) is 19.4 Å². The number of rotatable bonds is 5. The SMILES string of the molecule is CNCC(C)c1ccc(Cn2cnc3ccccc32)cc1. The van der Waals surface area contributed by atoms with Crippen LogP contribution in [0.15, 0.2) is 54.9 Å². The second kappa shape index (κ2) is 6.10. The molecule has 3 aromatic rings. The Balaban J connectivity index is 1.79. The Labute approximate surface area is 125 Å². The van der Waals surface area contributed by atoms with Gasteiger partial charge in [-0.1, -0.05) is 43.3 Å². The highest BCUT2D eigenvalue weighted by Gasteiger charge is 2.05. The minimum absolute atomic E-state index is 0.540. The molecule has 0 fully saturated rings. The third-order valence-corrected chi connectivity index (χ3v) is 3.94. The molecule has 3 nitrogen and oxygen atoms in total. The van der Waals surface area contributed by atoms with E-state index in [1.54, 1.807) is 0 Å². The quantitative estimate of drug-likeness (QED) is 0.775. The number of hydrogen-bond acceptors (Lipinski definition) is 2. The Hall–Kier alpha value is -2.13. The summed E-state index contributed by atoms with van der Waals surface area (Å²) in [6.07, 6.45) is 1.92. The van der Waals surface area contributed by atoms with Crippen molar-refractivity contribution in [1.29, 1.82) is 0 Å². The number of aromatic nitrogens is 2. The van der Waals surface area contributed by atoms with Gasteiger partial charge in [0.25, 0.3) is 0 Å². The van der Waals surface area contributed by atoms with Crippen LogP contribution >= 0.6 is 0 Å². The van der Waals surface area contributed by atoms with Crippen molar-refractivity contribution >= 4 is 11.0 Å². The predicted molar refractivity (Wildman–Crippen MR) is 87.6 cm³/mol. The van der Waals surface area contributed by atoms with Gasteiger partial charge in [0.2, 0.25) is 0 Å². The van der Waals surface area contributed by atoms with E-state index in [1.165, 1.54) is 16.6 Å². The molecule has 3 heteroatoms. The molecule has 0 radical (unpaired) electrons. The molecule has 0 aliphatic heterocycles. The lowest BCUT2D eigenvalue weighted by Crippen LogP contribution is -2.14. The topological polar surface area (TPSA) is 29.9 Å². The summed E-state index contributed by atoms with van der Waals surface area (Å²) >= 11 is 0. The number of nitrogens with one attached hydrogen (secondary N) is 1. The smallest absolute Gasteiger partial charge is 0.0961 e. The van der Waals surface area contributed by atoms with Gasteiger partial charge in [-0.3, -0.25) is 0 Å². The maximum Gasteiger partial charge on any atom is 0.0961 e. The van der Waals surface area contributed by atoms with Gasteiger partial charge in [0, 0.05) is 13.1 Å². The van der Waals surface area contributed by atoms with E-state index in [0.29, 0.717) is 5.92 Å². The second-order valence-electron chi connectivity index (χ2n) is 5.56. The van der Waals surface area contributed by atoms with Gasteiger partial charge in [-0.2, -0.15) is 0 Å². The predicted octanol–water partition coefficient (Wildman–Crippen LogP) is 3.41. The van der Waals surface area contributed by atoms with E-state index in [4.69, 9.17) is 0 Å². The van der Waals surface area contributed by atoms with Gasteiger partial charge in [-0.25, -0.2) is 4.98 Å². The minimum Gasteiger partial charge on any atom is -0.326 e. The molecule has 0 spiro atoms. The van der Waals surface area contributed by atoms with Crippen LogP contribution in [0.25, 0.3) is 11.0 Å². The molecule has 1 atom stereocenters. The molecule has 1 N–H and O–H groups in total. The van der Waals surface area contributed by atoms with Crippen molar-refractivity contribution < 1.29 is 0 Å². The van der Waals surface area contributed by atoms with Gasteiger partial charge in [0.15, 0.2) is 0 Å². The number of imidazole rings is 1. The maximum atomic E-state index is 4.44. The average Bonchev–Trinajstić information content (AvgIpc) is 2.92. The fourth-order valence-corrected chi connectivity index (χ4v) is 2.71. The van der Waals surface area contributed by atoms with Crippen molar-refractivity contribution in [2.24, 2.45) is 0 Å². The van der Waals surface area contributed by atoms with E-state index in [1.807, 2.05) is 25.5 Å². The normalized spacial score (nSPS) is 12.7. The fourth-order valence-electron chi connectivity index (χ4n) is 2.71. The van der Waals surface area contributed by atoms with Crippen LogP contribution < -0.4 is 5.32 Å². The Kier molecular flexibility index (Phi) is 4.02. The summed E-state index contributed by atoms with van der Waals surface area (Å²) in [7, 11) is 2.00. The second-order valence-corrected chi connectivity index (χ2v) is 5.56. The van der Waals surface area contributed by atoms with Gasteiger partial charge >= 0.3 is 0 Å². The first-order valence-electron chi connectivity index (χ1n) is 7.41. The van der Waals surface area contributed by atoms with E-state index in [9.17, 15) is 0 Å². The van der Waals surface area contributed by atoms with Crippen molar-refractivity contribution in [2.75, 3.05) is 13.6 Å². The molecule has 0 saturated carbocycles. The largest absolute Gasteiger partial charge is 0.326 e. The van der Waals surface area contributed by atoms with Crippen LogP contribution in [0.5, 0.6) is 0 Å². The number of fused-ring (bicyclic) bond motifs is 1. The number of benzene rings is 2. The van der Waals surface area contributed by atoms with Crippen LogP contribution in [0.2, 0.25) is 0 Å². The van der Waals surface area contributed by atoms with E-state index >= 15 is 0 Å². The number of nitrogens with zero attached hydrogens (tertiary/aromatic N) is 2. The molecule has 1 heterocycles. The third kappa shape index (κ3) is 2.98. The van der Waals surface area contributed by atoms with Gasteiger partial charge in [-0.15, -0.1) is 0 Å². The number of para-hydroxylation sites is 2. The fraction of sp³-hybridized carbons (Fsp3) is 0.278. The van der Waals surface area contributed by atoms with Crippen molar-refractivity contribution in [3.05, 3.63) is 66.0 Å². The zero-order valence-corrected chi connectivity index (χ0v) is 12.6. The third-order valence-electron chi connectivity index (χ3n) is 3.94. The summed E-state index contributed by atoms with van der Waals surface area (Å²) in [5, 5.41) is 3.22. The summed E-state index contributed by atoms with van der Waals surface area (Å²) in [6, 6.07) is 17.2. The zero-order valence-electron chi connectivity index (χ0n) is 12.6. The Morgan fingerprint density at radius 3 is 2.62 bits per heavy atom. The highest BCUT2D eigenvalue weighted by molar-refractivity contribution is 5.75. The molecule has 1 aromatic heterocycles. The van der Waals surface area contributed by atoms with Crippen molar-refractivity contribution in [3.63, 3.8) is 0 Å². The maximum absolute atomic E-state index is 4.44. The molecule has 108 valence electrons. The first-order valence-corrected chi connectivity index (χ1v) is 7.41. The lowest BCUT2D eigenvalue weighted by atomic mass is 10.00. The van der Waals surface area contributed by atoms with E-state index in [0.717, 1.165) is 18.6 Å². The number of likely N-dealkylation sites (N-methyl/N-ethyl adjacent to an activating group) is 1. The summed E-state index contributed by atoms with van der Waals surface area (Å²) in [6.45, 7) is 4.11. The Morgan fingerprint density at radius 2 is 1.86 bits per heavy atom. The zero-order chi connectivity index (χ0) is 14.7. The van der Waals surface area contributed by atoms with Gasteiger partial charge < -0.3 is 9.88 Å². The van der Waals surface area contributed by atoms with Crippen LogP contribution in [0.3, 0.4) is 0 Å². The molecule has 0 aliphatic rings. The molecule has 21 heavy (non-hydrogen) atoms. The summed E-state index contributed by atoms with van der Waals surface area (Å²) < 4.78 is 2.20. The standard InChI is InChI=1S/C18H21N3/c1-14(11-19-2)16-9-7-15(8-10-16)12-21-13-20-17-5-3-4-6-18(17)21/h3-10,13-14,19H,11-12H2,1-2H3. The average molecular weight is 279 g/mol. The van der Waals surface area contributed by atoms with Crippen LogP contribution in [0.4, 0.5) is 0 Å². The van der Waals surface area contributed by atoms with Crippen LogP contribution in [0.1, 0.15) is 24.0 Å². The summed E-state index contributed by atoms with van der Waals surface area (Å²) in [5.74, 6) is 0.540. The molecule has 2 aromatic carbocycles. The molecule has 1 unspecified atom stereocenters. The molecule has 0 saturated heterocycles. The Morgan fingerprint density at radius 1 is 1.10 bits per heavy atom. The highest BCUT2D eigenvalue weighted by atomic mass is 15.0. The molecule has 3 rings (SSSR count). The van der Waals surface area contributed by atoms with E-state index < -0.39 is 0 Å². The van der Waals surface area contributed by atoms with Gasteiger partial charge in [-0.05, 0) is 36.2 Å². The lowest BCUT2D eigenvalue weighted by molar-refractivity contribution is 0.677. The van der Waals surface area contributed by atoms with Crippen molar-refractivity contribution in [3.8, 4) is 0 Å². The molecule has 0 amide bonds. The monoisotopic (exact) mass is 279 g/mol. The lowest BCUT2D eigenvalue weighted by Gasteiger charge is -2.12. The first-order chi connectivity index (χ1) is 10.3. The van der Waals surface area contributed by atoms with Crippen LogP contribution in [0, 0.1) is 0 Å². The molecule has 0 aliphatic carbocycles. The Bertz CT molecular complexity index is 713. The van der Waals surface area contributed by atoms with E-state index in [2.05, 4.69) is 58.2 Å². The van der Waals surface area contributed by atoms with Crippen molar-refractivity contribution in [1.82, 2.24) is 14.9 Å². The molecular formula is C18H21N3. The number of hydrogen-bond donors (Lipinski definition) is 1. The summed E-state index contributed by atoms with van der Waals surface area (Å²) in [5.41, 5.74) is 4.92.